The van der Waals surface area contributed by atoms with E-state index in [0.717, 1.165) is 5.92 Å². The molecule has 0 nitrogen and oxygen atoms in total. The van der Waals surface area contributed by atoms with Crippen molar-refractivity contribution < 1.29 is 24.8 Å². The molecule has 0 unspecified atom stereocenters. The zero-order valence-corrected chi connectivity index (χ0v) is 11.3. The van der Waals surface area contributed by atoms with Crippen LogP contribution in [0.1, 0.15) is 40.0 Å². The molecule has 0 atom stereocenters. The summed E-state index contributed by atoms with van der Waals surface area (Å²) in [6.07, 6.45) is 3.86. The molecule has 3 heteroatoms. The minimum absolute atomic E-state index is 0. The van der Waals surface area contributed by atoms with Gasteiger partial charge < -0.3 is 24.8 Å². The van der Waals surface area contributed by atoms with Crippen LogP contribution >= 0.6 is 0 Å². The number of halogens is 2. The maximum Gasteiger partial charge on any atom is 2.00 e. The third-order valence-corrected chi connectivity index (χ3v) is 1.39. The number of rotatable bonds is 4. The van der Waals surface area contributed by atoms with Crippen molar-refractivity contribution in [3.8, 4) is 0 Å². The summed E-state index contributed by atoms with van der Waals surface area (Å²) in [7, 11) is 0. The minimum atomic E-state index is 0. The topological polar surface area (TPSA) is 0 Å². The maximum absolute atomic E-state index is 3.85. The Morgan fingerprint density at radius 3 is 1.92 bits per heavy atom. The first-order valence-electron chi connectivity index (χ1n) is 3.77. The van der Waals surface area contributed by atoms with Gasteiger partial charge in [-0.2, -0.15) is 0 Å². The molecule has 0 fully saturated rings. The molecule has 0 aromatic carbocycles. The molecule has 0 heterocycles. The molecule has 0 amide bonds. The quantitative estimate of drug-likeness (QED) is 0.351. The number of hydrogen-bond donors (Lipinski definition) is 0. The van der Waals surface area contributed by atoms with Crippen molar-refractivity contribution in [2.45, 2.75) is 40.0 Å². The molecule has 70 valence electrons. The molecule has 0 spiro atoms. The van der Waals surface area contributed by atoms with Crippen molar-refractivity contribution in [1.29, 1.82) is 0 Å². The van der Waals surface area contributed by atoms with Crippen molar-refractivity contribution in [3.63, 3.8) is 0 Å². The van der Waals surface area contributed by atoms with Crippen molar-refractivity contribution in [3.05, 3.63) is 12.2 Å². The Morgan fingerprint density at radius 2 is 1.67 bits per heavy atom. The second kappa shape index (κ2) is 14.6. The van der Waals surface area contributed by atoms with Crippen LogP contribution in [0.4, 0.5) is 0 Å². The zero-order valence-electron chi connectivity index (χ0n) is 8.37. The van der Waals surface area contributed by atoms with Gasteiger partial charge >= 0.3 is 23.1 Å². The van der Waals surface area contributed by atoms with Gasteiger partial charge in [0.25, 0.3) is 0 Å². The Morgan fingerprint density at radius 1 is 1.25 bits per heavy atom. The Hall–Kier alpha value is 1.09. The maximum atomic E-state index is 3.85. The molecular formula is C9H18Cl2Mg. The van der Waals surface area contributed by atoms with Crippen molar-refractivity contribution in [1.82, 2.24) is 0 Å². The molecule has 0 aliphatic heterocycles. The van der Waals surface area contributed by atoms with Gasteiger partial charge in [-0.15, -0.1) is 6.58 Å². The Balaban J connectivity index is -0.000000107. The van der Waals surface area contributed by atoms with E-state index in [4.69, 9.17) is 0 Å². The fourth-order valence-electron chi connectivity index (χ4n) is 0.812. The molecule has 12 heavy (non-hydrogen) atoms. The van der Waals surface area contributed by atoms with Crippen LogP contribution < -0.4 is 24.8 Å². The smallest absolute Gasteiger partial charge is 1.00 e. The summed E-state index contributed by atoms with van der Waals surface area (Å²) in [6.45, 7) is 10.5. The van der Waals surface area contributed by atoms with Crippen LogP contribution in [-0.2, 0) is 0 Å². The van der Waals surface area contributed by atoms with E-state index in [-0.39, 0.29) is 47.9 Å². The van der Waals surface area contributed by atoms with Crippen LogP contribution in [0, 0.1) is 5.92 Å². The van der Waals surface area contributed by atoms with Crippen LogP contribution in [0.5, 0.6) is 0 Å². The van der Waals surface area contributed by atoms with Crippen LogP contribution in [0.15, 0.2) is 12.2 Å². The van der Waals surface area contributed by atoms with Crippen molar-refractivity contribution >= 4 is 23.1 Å². The van der Waals surface area contributed by atoms with Gasteiger partial charge in [0, 0.05) is 0 Å². The normalized spacial score (nSPS) is 7.67. The fraction of sp³-hybridized carbons (Fsp3) is 0.778. The average Bonchev–Trinajstić information content (AvgIpc) is 1.63. The predicted octanol–water partition coefficient (Wildman–Crippen LogP) is -2.98. The van der Waals surface area contributed by atoms with E-state index < -0.39 is 0 Å². The Kier molecular flexibility index (Phi) is 28.2. The second-order valence-corrected chi connectivity index (χ2v) is 3.24. The fourth-order valence-corrected chi connectivity index (χ4v) is 0.812. The largest absolute Gasteiger partial charge is 2.00 e. The Bertz CT molecular complexity index is 92.5. The van der Waals surface area contributed by atoms with E-state index >= 15 is 0 Å². The predicted molar refractivity (Wildman–Crippen MR) is 49.3 cm³/mol. The molecule has 0 radical (unpaired) electrons. The Labute approximate surface area is 106 Å². The average molecular weight is 221 g/mol. The van der Waals surface area contributed by atoms with Gasteiger partial charge in [-0.3, -0.25) is 0 Å². The molecule has 0 rings (SSSR count). The SMILES string of the molecule is C=C(C)CCCC(C)C.[Cl-].[Cl-].[Mg+2]. The summed E-state index contributed by atoms with van der Waals surface area (Å²) in [5, 5.41) is 0. The summed E-state index contributed by atoms with van der Waals surface area (Å²) in [6, 6.07) is 0. The van der Waals surface area contributed by atoms with E-state index in [1.54, 1.807) is 0 Å². The summed E-state index contributed by atoms with van der Waals surface area (Å²) in [4.78, 5) is 0. The standard InChI is InChI=1S/C9H18.2ClH.Mg/c1-8(2)6-5-7-9(3)4;;;/h9H,1,5-7H2,2-4H3;2*1H;/q;;;+2/p-2. The minimum Gasteiger partial charge on any atom is -1.00 e. The van der Waals surface area contributed by atoms with Gasteiger partial charge in [0.2, 0.25) is 0 Å². The third kappa shape index (κ3) is 22.5. The first-order chi connectivity index (χ1) is 4.13. The molecule has 0 saturated carbocycles. The van der Waals surface area contributed by atoms with Crippen LogP contribution in [0.2, 0.25) is 0 Å². The van der Waals surface area contributed by atoms with Crippen LogP contribution in [-0.4, -0.2) is 23.1 Å². The van der Waals surface area contributed by atoms with E-state index in [0.29, 0.717) is 0 Å². The van der Waals surface area contributed by atoms with E-state index in [1.165, 1.54) is 24.8 Å². The molecule has 0 saturated heterocycles. The van der Waals surface area contributed by atoms with Gasteiger partial charge in [-0.1, -0.05) is 25.8 Å². The van der Waals surface area contributed by atoms with Crippen molar-refractivity contribution in [2.75, 3.05) is 0 Å². The monoisotopic (exact) mass is 220 g/mol. The van der Waals surface area contributed by atoms with Crippen LogP contribution in [0.3, 0.4) is 0 Å². The summed E-state index contributed by atoms with van der Waals surface area (Å²) < 4.78 is 0. The first-order valence-corrected chi connectivity index (χ1v) is 3.77. The van der Waals surface area contributed by atoms with Gasteiger partial charge in [-0.25, -0.2) is 0 Å². The van der Waals surface area contributed by atoms with Gasteiger partial charge in [0.1, 0.15) is 0 Å². The van der Waals surface area contributed by atoms with Gasteiger partial charge in [0.05, 0.1) is 0 Å². The van der Waals surface area contributed by atoms with Gasteiger partial charge in [0.15, 0.2) is 0 Å². The molecule has 0 aliphatic rings. The summed E-state index contributed by atoms with van der Waals surface area (Å²) in [5.41, 5.74) is 1.32. The molecule has 0 N–H and O–H groups in total. The molecule has 0 aromatic heterocycles. The van der Waals surface area contributed by atoms with E-state index in [2.05, 4.69) is 27.4 Å². The van der Waals surface area contributed by atoms with E-state index in [1.807, 2.05) is 0 Å². The second-order valence-electron chi connectivity index (χ2n) is 3.24. The molecule has 0 bridgehead atoms. The molecule has 0 aromatic rings. The first kappa shape index (κ1) is 23.2. The molecular weight excluding hydrogens is 203 g/mol. The summed E-state index contributed by atoms with van der Waals surface area (Å²) in [5.74, 6) is 0.851. The number of allylic oxidation sites excluding steroid dienone is 1. The van der Waals surface area contributed by atoms with E-state index in [9.17, 15) is 0 Å². The third-order valence-electron chi connectivity index (χ3n) is 1.39. The molecule has 0 aliphatic carbocycles. The zero-order chi connectivity index (χ0) is 7.28. The van der Waals surface area contributed by atoms with Crippen LogP contribution in [0.25, 0.3) is 0 Å². The van der Waals surface area contributed by atoms with Crippen molar-refractivity contribution in [2.24, 2.45) is 5.92 Å². The van der Waals surface area contributed by atoms with Gasteiger partial charge in [-0.05, 0) is 25.7 Å². The number of hydrogen-bond acceptors (Lipinski definition) is 0. The summed E-state index contributed by atoms with van der Waals surface area (Å²) >= 11 is 0.